The molecule has 4 nitrogen and oxygen atoms in total. The van der Waals surface area contributed by atoms with Gasteiger partial charge < -0.3 is 5.73 Å². The zero-order chi connectivity index (χ0) is 13.1. The van der Waals surface area contributed by atoms with E-state index < -0.39 is 0 Å². The summed E-state index contributed by atoms with van der Waals surface area (Å²) < 4.78 is 2.89. The van der Waals surface area contributed by atoms with Crippen molar-refractivity contribution in [2.75, 3.05) is 0 Å². The summed E-state index contributed by atoms with van der Waals surface area (Å²) in [6.45, 7) is 2.11. The quantitative estimate of drug-likeness (QED) is 0.844. The van der Waals surface area contributed by atoms with E-state index in [1.165, 1.54) is 4.88 Å². The predicted molar refractivity (Wildman–Crippen MR) is 79.9 cm³/mol. The highest BCUT2D eigenvalue weighted by Gasteiger charge is 2.23. The Kier molecular flexibility index (Phi) is 4.83. The lowest BCUT2D eigenvalue weighted by molar-refractivity contribution is 0.630. The van der Waals surface area contributed by atoms with E-state index in [4.69, 9.17) is 5.73 Å². The summed E-state index contributed by atoms with van der Waals surface area (Å²) >= 11 is 6.89. The minimum Gasteiger partial charge on any atom is -0.326 e. The molecule has 7 heteroatoms. The van der Waals surface area contributed by atoms with Crippen molar-refractivity contribution in [3.05, 3.63) is 27.1 Å². The molecule has 2 aromatic rings. The molecule has 0 saturated carbocycles. The molecule has 2 atom stereocenters. The van der Waals surface area contributed by atoms with Gasteiger partial charge in [0.1, 0.15) is 6.33 Å². The second-order valence-corrected chi connectivity index (χ2v) is 6.91. The Balaban J connectivity index is 2.23. The first-order valence-corrected chi connectivity index (χ1v) is 8.17. The van der Waals surface area contributed by atoms with Crippen LogP contribution in [-0.4, -0.2) is 20.8 Å². The number of thioether (sulfide) groups is 1. The highest BCUT2D eigenvalue weighted by Crippen LogP contribution is 2.40. The summed E-state index contributed by atoms with van der Waals surface area (Å²) in [6.07, 6.45) is 2.51. The van der Waals surface area contributed by atoms with Gasteiger partial charge in [0.2, 0.25) is 0 Å². The molecule has 18 heavy (non-hydrogen) atoms. The standard InChI is InChI=1S/C11H15BrN4S2/c1-3-8(13)10(9-4-7(12)5-17-9)18-11-14-6-15-16(11)2/h4-6,8,10H,3,13H2,1-2H3. The monoisotopic (exact) mass is 346 g/mol. The van der Waals surface area contributed by atoms with E-state index in [2.05, 4.69) is 44.4 Å². The van der Waals surface area contributed by atoms with Gasteiger partial charge in [0.25, 0.3) is 0 Å². The Morgan fingerprint density at radius 1 is 1.61 bits per heavy atom. The van der Waals surface area contributed by atoms with Crippen molar-refractivity contribution in [1.82, 2.24) is 14.8 Å². The molecule has 2 aromatic heterocycles. The molecule has 2 N–H and O–H groups in total. The Morgan fingerprint density at radius 2 is 2.39 bits per heavy atom. The Bertz CT molecular complexity index is 511. The molecule has 0 aliphatic carbocycles. The fraction of sp³-hybridized carbons (Fsp3) is 0.455. The van der Waals surface area contributed by atoms with Gasteiger partial charge in [0, 0.05) is 27.8 Å². The topological polar surface area (TPSA) is 56.7 Å². The lowest BCUT2D eigenvalue weighted by Crippen LogP contribution is -2.25. The van der Waals surface area contributed by atoms with Gasteiger partial charge >= 0.3 is 0 Å². The van der Waals surface area contributed by atoms with E-state index in [0.29, 0.717) is 0 Å². The third-order valence-corrected chi connectivity index (χ3v) is 5.99. The molecule has 0 aliphatic rings. The number of hydrogen-bond acceptors (Lipinski definition) is 5. The Labute approximate surface area is 123 Å². The molecule has 0 bridgehead atoms. The van der Waals surface area contributed by atoms with E-state index in [1.54, 1.807) is 34.1 Å². The number of halogens is 1. The SMILES string of the molecule is CCC(N)C(Sc1ncnn1C)c1cc(Br)cs1. The number of aromatic nitrogens is 3. The van der Waals surface area contributed by atoms with Gasteiger partial charge in [-0.15, -0.1) is 11.3 Å². The molecule has 0 saturated heterocycles. The van der Waals surface area contributed by atoms with Gasteiger partial charge in [-0.3, -0.25) is 0 Å². The normalized spacial score (nSPS) is 14.7. The van der Waals surface area contributed by atoms with Gasteiger partial charge in [-0.2, -0.15) is 5.10 Å². The smallest absolute Gasteiger partial charge is 0.186 e. The van der Waals surface area contributed by atoms with Crippen LogP contribution >= 0.6 is 39.0 Å². The summed E-state index contributed by atoms with van der Waals surface area (Å²) in [5.41, 5.74) is 6.24. The first-order valence-electron chi connectivity index (χ1n) is 5.62. The van der Waals surface area contributed by atoms with Crippen LogP contribution in [0.1, 0.15) is 23.5 Å². The number of nitrogens with two attached hydrogens (primary N) is 1. The first-order chi connectivity index (χ1) is 8.61. The number of aryl methyl sites for hydroxylation is 1. The molecular formula is C11H15BrN4S2. The molecule has 2 unspecified atom stereocenters. The Hall–Kier alpha value is -0.370. The zero-order valence-corrected chi connectivity index (χ0v) is 13.4. The molecule has 0 fully saturated rings. The minimum atomic E-state index is 0.109. The van der Waals surface area contributed by atoms with Gasteiger partial charge in [0.05, 0.1) is 5.25 Å². The summed E-state index contributed by atoms with van der Waals surface area (Å²) in [6, 6.07) is 2.24. The van der Waals surface area contributed by atoms with Crippen molar-refractivity contribution in [2.45, 2.75) is 29.8 Å². The van der Waals surface area contributed by atoms with Crippen LogP contribution in [0.3, 0.4) is 0 Å². The van der Waals surface area contributed by atoms with Crippen molar-refractivity contribution < 1.29 is 0 Å². The lowest BCUT2D eigenvalue weighted by Gasteiger charge is -2.20. The van der Waals surface area contributed by atoms with Crippen molar-refractivity contribution >= 4 is 39.0 Å². The molecule has 0 aliphatic heterocycles. The molecule has 0 spiro atoms. The van der Waals surface area contributed by atoms with Crippen molar-refractivity contribution in [2.24, 2.45) is 12.8 Å². The van der Waals surface area contributed by atoms with Crippen LogP contribution < -0.4 is 5.73 Å². The van der Waals surface area contributed by atoms with E-state index >= 15 is 0 Å². The summed E-state index contributed by atoms with van der Waals surface area (Å²) in [5, 5.41) is 7.29. The summed E-state index contributed by atoms with van der Waals surface area (Å²) in [4.78, 5) is 5.52. The van der Waals surface area contributed by atoms with Gasteiger partial charge in [0.15, 0.2) is 5.16 Å². The number of rotatable bonds is 5. The highest BCUT2D eigenvalue weighted by molar-refractivity contribution is 9.10. The number of thiophene rings is 1. The Morgan fingerprint density at radius 3 is 2.89 bits per heavy atom. The second kappa shape index (κ2) is 6.18. The highest BCUT2D eigenvalue weighted by atomic mass is 79.9. The average Bonchev–Trinajstić information content (AvgIpc) is 2.94. The van der Waals surface area contributed by atoms with Crippen LogP contribution in [0.4, 0.5) is 0 Å². The summed E-state index contributed by atoms with van der Waals surface area (Å²) in [5.74, 6) is 0. The lowest BCUT2D eigenvalue weighted by atomic mass is 10.1. The predicted octanol–water partition coefficient (Wildman–Crippen LogP) is 3.21. The maximum atomic E-state index is 6.24. The second-order valence-electron chi connectivity index (χ2n) is 3.94. The third-order valence-electron chi connectivity index (χ3n) is 2.63. The minimum absolute atomic E-state index is 0.109. The molecule has 98 valence electrons. The van der Waals surface area contributed by atoms with Crippen LogP contribution in [0.25, 0.3) is 0 Å². The van der Waals surface area contributed by atoms with Gasteiger partial charge in [-0.05, 0) is 28.4 Å². The maximum Gasteiger partial charge on any atom is 0.186 e. The fourth-order valence-electron chi connectivity index (χ4n) is 1.55. The summed E-state index contributed by atoms with van der Waals surface area (Å²) in [7, 11) is 1.90. The van der Waals surface area contributed by atoms with Crippen LogP contribution in [0.15, 0.2) is 27.4 Å². The number of nitrogens with zero attached hydrogens (tertiary/aromatic N) is 3. The fourth-order valence-corrected chi connectivity index (χ4v) is 4.45. The van der Waals surface area contributed by atoms with Crippen LogP contribution in [-0.2, 0) is 7.05 Å². The maximum absolute atomic E-state index is 6.24. The largest absolute Gasteiger partial charge is 0.326 e. The average molecular weight is 347 g/mol. The van der Waals surface area contributed by atoms with Crippen LogP contribution in [0.5, 0.6) is 0 Å². The van der Waals surface area contributed by atoms with Crippen molar-refractivity contribution in [3.8, 4) is 0 Å². The molecular weight excluding hydrogens is 332 g/mol. The van der Waals surface area contributed by atoms with Gasteiger partial charge in [-0.1, -0.05) is 18.7 Å². The molecule has 2 heterocycles. The van der Waals surface area contributed by atoms with Crippen molar-refractivity contribution in [1.29, 1.82) is 0 Å². The first kappa shape index (κ1) is 14.0. The van der Waals surface area contributed by atoms with Crippen LogP contribution in [0, 0.1) is 0 Å². The van der Waals surface area contributed by atoms with E-state index in [1.807, 2.05) is 7.05 Å². The third kappa shape index (κ3) is 3.14. The molecule has 0 radical (unpaired) electrons. The van der Waals surface area contributed by atoms with E-state index in [9.17, 15) is 0 Å². The zero-order valence-electron chi connectivity index (χ0n) is 10.2. The molecule has 0 aromatic carbocycles. The van der Waals surface area contributed by atoms with Gasteiger partial charge in [-0.25, -0.2) is 9.67 Å². The van der Waals surface area contributed by atoms with Crippen LogP contribution in [0.2, 0.25) is 0 Å². The molecule has 2 rings (SSSR count). The van der Waals surface area contributed by atoms with E-state index in [0.717, 1.165) is 16.0 Å². The molecule has 0 amide bonds. The van der Waals surface area contributed by atoms with Crippen molar-refractivity contribution in [3.63, 3.8) is 0 Å². The number of hydrogen-bond donors (Lipinski definition) is 1. The van der Waals surface area contributed by atoms with E-state index in [-0.39, 0.29) is 11.3 Å².